The van der Waals surface area contributed by atoms with Crippen LogP contribution in [0, 0.1) is 6.92 Å². The summed E-state index contributed by atoms with van der Waals surface area (Å²) in [6.45, 7) is 2.44. The van der Waals surface area contributed by atoms with Crippen molar-refractivity contribution in [2.45, 2.75) is 13.3 Å². The fraction of sp³-hybridized carbons (Fsp3) is 0.316. The maximum absolute atomic E-state index is 12.3. The van der Waals surface area contributed by atoms with Gasteiger partial charge in [-0.1, -0.05) is 22.0 Å². The maximum Gasteiger partial charge on any atom is 0.251 e. The maximum atomic E-state index is 12.3. The largest absolute Gasteiger partial charge is 0.496 e. The van der Waals surface area contributed by atoms with Crippen LogP contribution in [-0.2, 0) is 6.42 Å². The number of halogens is 1. The van der Waals surface area contributed by atoms with Crippen LogP contribution in [0.5, 0.6) is 17.2 Å². The van der Waals surface area contributed by atoms with Crippen LogP contribution < -0.4 is 19.5 Å². The average Bonchev–Trinajstić information content (AvgIpc) is 2.62. The molecule has 5 nitrogen and oxygen atoms in total. The molecule has 0 aromatic heterocycles. The second-order valence-corrected chi connectivity index (χ2v) is 6.34. The highest BCUT2D eigenvalue weighted by molar-refractivity contribution is 9.10. The zero-order valence-corrected chi connectivity index (χ0v) is 16.4. The normalized spacial score (nSPS) is 10.3. The first-order chi connectivity index (χ1) is 12.0. The number of ether oxygens (including phenoxy) is 3. The van der Waals surface area contributed by atoms with E-state index >= 15 is 0 Å². The Morgan fingerprint density at radius 1 is 1.00 bits per heavy atom. The topological polar surface area (TPSA) is 56.8 Å². The smallest absolute Gasteiger partial charge is 0.251 e. The van der Waals surface area contributed by atoms with Gasteiger partial charge in [0.05, 0.1) is 21.3 Å². The Bertz CT molecular complexity index is 761. The standard InChI is InChI=1S/C19H22BrNO4/c1-12-5-6-14(10-16(12)23-2)19(22)21-8-7-13-9-17(24-3)18(25-4)11-15(13)20/h5-6,9-11H,7-8H2,1-4H3,(H,21,22). The van der Waals surface area contributed by atoms with Crippen molar-refractivity contribution in [3.8, 4) is 17.2 Å². The summed E-state index contributed by atoms with van der Waals surface area (Å²) in [5.41, 5.74) is 2.60. The number of rotatable bonds is 7. The highest BCUT2D eigenvalue weighted by atomic mass is 79.9. The van der Waals surface area contributed by atoms with Gasteiger partial charge in [0, 0.05) is 16.6 Å². The Balaban J connectivity index is 2.02. The third kappa shape index (κ3) is 4.66. The van der Waals surface area contributed by atoms with Gasteiger partial charge in [-0.2, -0.15) is 0 Å². The van der Waals surface area contributed by atoms with Gasteiger partial charge in [0.15, 0.2) is 11.5 Å². The Morgan fingerprint density at radius 2 is 1.64 bits per heavy atom. The van der Waals surface area contributed by atoms with E-state index in [1.165, 1.54) is 0 Å². The minimum Gasteiger partial charge on any atom is -0.496 e. The van der Waals surface area contributed by atoms with Gasteiger partial charge in [-0.15, -0.1) is 0 Å². The van der Waals surface area contributed by atoms with Crippen molar-refractivity contribution < 1.29 is 19.0 Å². The number of amides is 1. The molecule has 0 saturated heterocycles. The van der Waals surface area contributed by atoms with Crippen LogP contribution in [0.3, 0.4) is 0 Å². The summed E-state index contributed by atoms with van der Waals surface area (Å²) in [6.07, 6.45) is 0.662. The van der Waals surface area contributed by atoms with Gasteiger partial charge in [-0.05, 0) is 48.7 Å². The van der Waals surface area contributed by atoms with Crippen molar-refractivity contribution in [3.05, 3.63) is 51.5 Å². The molecule has 1 N–H and O–H groups in total. The summed E-state index contributed by atoms with van der Waals surface area (Å²) in [6, 6.07) is 9.18. The van der Waals surface area contributed by atoms with Crippen LogP contribution in [0.25, 0.3) is 0 Å². The van der Waals surface area contributed by atoms with E-state index in [1.807, 2.05) is 25.1 Å². The van der Waals surface area contributed by atoms with Gasteiger partial charge in [0.1, 0.15) is 5.75 Å². The molecule has 2 rings (SSSR count). The summed E-state index contributed by atoms with van der Waals surface area (Å²) in [5.74, 6) is 1.90. The van der Waals surface area contributed by atoms with Gasteiger partial charge in [-0.25, -0.2) is 0 Å². The predicted octanol–water partition coefficient (Wildman–Crippen LogP) is 3.76. The molecule has 0 aliphatic carbocycles. The number of methoxy groups -OCH3 is 3. The molecule has 25 heavy (non-hydrogen) atoms. The van der Waals surface area contributed by atoms with Crippen LogP contribution in [0.4, 0.5) is 0 Å². The minimum atomic E-state index is -0.130. The van der Waals surface area contributed by atoms with Crippen LogP contribution in [0.15, 0.2) is 34.8 Å². The third-order valence-corrected chi connectivity index (χ3v) is 4.64. The van der Waals surface area contributed by atoms with Crippen molar-refractivity contribution in [2.24, 2.45) is 0 Å². The summed E-state index contributed by atoms with van der Waals surface area (Å²) >= 11 is 3.53. The lowest BCUT2D eigenvalue weighted by Gasteiger charge is -2.12. The van der Waals surface area contributed by atoms with Gasteiger partial charge in [-0.3, -0.25) is 4.79 Å². The summed E-state index contributed by atoms with van der Waals surface area (Å²) in [5, 5.41) is 2.92. The molecule has 0 radical (unpaired) electrons. The molecule has 6 heteroatoms. The highest BCUT2D eigenvalue weighted by Crippen LogP contribution is 2.33. The molecule has 0 aliphatic rings. The molecule has 2 aromatic rings. The van der Waals surface area contributed by atoms with E-state index in [4.69, 9.17) is 14.2 Å². The molecular formula is C19H22BrNO4. The third-order valence-electron chi connectivity index (χ3n) is 3.90. The molecule has 1 amide bonds. The van der Waals surface area contributed by atoms with Gasteiger partial charge < -0.3 is 19.5 Å². The summed E-state index contributed by atoms with van der Waals surface area (Å²) in [4.78, 5) is 12.3. The van der Waals surface area contributed by atoms with Crippen molar-refractivity contribution in [2.75, 3.05) is 27.9 Å². The number of carbonyl (C=O) groups excluding carboxylic acids is 1. The number of aryl methyl sites for hydroxylation is 1. The van der Waals surface area contributed by atoms with Crippen LogP contribution >= 0.6 is 15.9 Å². The fourth-order valence-corrected chi connectivity index (χ4v) is 2.98. The first kappa shape index (κ1) is 19.1. The fourth-order valence-electron chi connectivity index (χ4n) is 2.46. The van der Waals surface area contributed by atoms with Crippen molar-refractivity contribution in [1.82, 2.24) is 5.32 Å². The van der Waals surface area contributed by atoms with Crippen molar-refractivity contribution in [1.29, 1.82) is 0 Å². The Kier molecular flexibility index (Phi) is 6.70. The molecule has 2 aromatic carbocycles. The molecule has 0 saturated carbocycles. The molecule has 0 aliphatic heterocycles. The second-order valence-electron chi connectivity index (χ2n) is 5.49. The van der Waals surface area contributed by atoms with Crippen LogP contribution in [0.1, 0.15) is 21.5 Å². The van der Waals surface area contributed by atoms with E-state index in [0.717, 1.165) is 15.6 Å². The Labute approximate surface area is 156 Å². The number of carbonyl (C=O) groups is 1. The van der Waals surface area contributed by atoms with E-state index < -0.39 is 0 Å². The van der Waals surface area contributed by atoms with Crippen LogP contribution in [-0.4, -0.2) is 33.8 Å². The number of hydrogen-bond acceptors (Lipinski definition) is 4. The zero-order valence-electron chi connectivity index (χ0n) is 14.8. The van der Waals surface area contributed by atoms with E-state index in [2.05, 4.69) is 21.2 Å². The number of benzene rings is 2. The molecule has 0 heterocycles. The summed E-state index contributed by atoms with van der Waals surface area (Å²) in [7, 11) is 4.79. The van der Waals surface area contributed by atoms with E-state index in [0.29, 0.717) is 35.8 Å². The molecule has 0 spiro atoms. The second kappa shape index (κ2) is 8.76. The Hall–Kier alpha value is -2.21. The summed E-state index contributed by atoms with van der Waals surface area (Å²) < 4.78 is 16.8. The number of nitrogens with one attached hydrogen (secondary N) is 1. The first-order valence-corrected chi connectivity index (χ1v) is 8.62. The lowest BCUT2D eigenvalue weighted by molar-refractivity contribution is 0.0954. The van der Waals surface area contributed by atoms with Crippen LogP contribution in [0.2, 0.25) is 0 Å². The first-order valence-electron chi connectivity index (χ1n) is 7.83. The predicted molar refractivity (Wildman–Crippen MR) is 101 cm³/mol. The van der Waals surface area contributed by atoms with E-state index in [1.54, 1.807) is 33.5 Å². The van der Waals surface area contributed by atoms with Crippen molar-refractivity contribution >= 4 is 21.8 Å². The quantitative estimate of drug-likeness (QED) is 0.758. The minimum absolute atomic E-state index is 0.130. The van der Waals surface area contributed by atoms with Gasteiger partial charge in [0.2, 0.25) is 0 Å². The van der Waals surface area contributed by atoms with Gasteiger partial charge in [0.25, 0.3) is 5.91 Å². The van der Waals surface area contributed by atoms with E-state index in [-0.39, 0.29) is 5.91 Å². The molecule has 0 bridgehead atoms. The highest BCUT2D eigenvalue weighted by Gasteiger charge is 2.11. The lowest BCUT2D eigenvalue weighted by Crippen LogP contribution is -2.25. The van der Waals surface area contributed by atoms with Gasteiger partial charge >= 0.3 is 0 Å². The number of hydrogen-bond donors (Lipinski definition) is 1. The SMILES string of the molecule is COc1cc(C(=O)NCCc2cc(OC)c(OC)cc2Br)ccc1C. The van der Waals surface area contributed by atoms with E-state index in [9.17, 15) is 4.79 Å². The average molecular weight is 408 g/mol. The molecule has 0 atom stereocenters. The van der Waals surface area contributed by atoms with Crippen molar-refractivity contribution in [3.63, 3.8) is 0 Å². The molecule has 0 fully saturated rings. The zero-order chi connectivity index (χ0) is 18.4. The monoisotopic (exact) mass is 407 g/mol. The Morgan fingerprint density at radius 3 is 2.28 bits per heavy atom. The molecular weight excluding hydrogens is 386 g/mol. The molecule has 134 valence electrons. The lowest BCUT2D eigenvalue weighted by atomic mass is 10.1. The molecule has 0 unspecified atom stereocenters.